The van der Waals surface area contributed by atoms with Gasteiger partial charge in [0, 0.05) is 30.9 Å². The molecule has 0 aliphatic carbocycles. The third-order valence-electron chi connectivity index (χ3n) is 2.71. The molecular formula is C11H14N2O3. The van der Waals surface area contributed by atoms with Crippen LogP contribution in [0.25, 0.3) is 0 Å². The zero-order valence-corrected chi connectivity index (χ0v) is 8.85. The fourth-order valence-corrected chi connectivity index (χ4v) is 1.90. The Morgan fingerprint density at radius 1 is 1.56 bits per heavy atom. The van der Waals surface area contributed by atoms with Crippen LogP contribution in [0, 0.1) is 0 Å². The number of nitrogens with one attached hydrogen (secondary N) is 1. The SMILES string of the molecule is O=C(c1cc[nH]c(=O)c1)N1CCC[C@@H](O)C1. The number of piperidine rings is 1. The highest BCUT2D eigenvalue weighted by atomic mass is 16.3. The van der Waals surface area contributed by atoms with Crippen LogP contribution < -0.4 is 5.56 Å². The summed E-state index contributed by atoms with van der Waals surface area (Å²) in [5.74, 6) is -0.190. The summed E-state index contributed by atoms with van der Waals surface area (Å²) in [6.07, 6.45) is 2.55. The lowest BCUT2D eigenvalue weighted by atomic mass is 10.1. The van der Waals surface area contributed by atoms with Crippen molar-refractivity contribution >= 4 is 5.91 Å². The van der Waals surface area contributed by atoms with E-state index in [1.54, 1.807) is 11.0 Å². The molecule has 1 atom stereocenters. The lowest BCUT2D eigenvalue weighted by molar-refractivity contribution is 0.0473. The number of aromatic nitrogens is 1. The molecule has 5 heteroatoms. The van der Waals surface area contributed by atoms with E-state index in [0.29, 0.717) is 18.7 Å². The van der Waals surface area contributed by atoms with Gasteiger partial charge in [0.25, 0.3) is 5.91 Å². The van der Waals surface area contributed by atoms with Crippen molar-refractivity contribution in [3.05, 3.63) is 34.2 Å². The van der Waals surface area contributed by atoms with Gasteiger partial charge < -0.3 is 15.0 Å². The molecular weight excluding hydrogens is 208 g/mol. The van der Waals surface area contributed by atoms with E-state index in [9.17, 15) is 14.7 Å². The van der Waals surface area contributed by atoms with Crippen molar-refractivity contribution in [2.75, 3.05) is 13.1 Å². The maximum Gasteiger partial charge on any atom is 0.254 e. The number of β-amino-alcohol motifs (C(OH)–C–C–N with tert-alkyl or cyclic N) is 1. The monoisotopic (exact) mass is 222 g/mol. The van der Waals surface area contributed by atoms with Crippen molar-refractivity contribution < 1.29 is 9.90 Å². The molecule has 1 amide bonds. The minimum Gasteiger partial charge on any atom is -0.391 e. The van der Waals surface area contributed by atoms with Crippen molar-refractivity contribution in [2.24, 2.45) is 0 Å². The Morgan fingerprint density at radius 3 is 3.06 bits per heavy atom. The first-order valence-electron chi connectivity index (χ1n) is 5.33. The first-order chi connectivity index (χ1) is 7.66. The van der Waals surface area contributed by atoms with Gasteiger partial charge in [0.15, 0.2) is 0 Å². The third kappa shape index (κ3) is 2.30. The molecule has 5 nitrogen and oxygen atoms in total. The van der Waals surface area contributed by atoms with Crippen molar-refractivity contribution in [2.45, 2.75) is 18.9 Å². The molecule has 0 unspecified atom stereocenters. The molecule has 0 radical (unpaired) electrons. The van der Waals surface area contributed by atoms with Crippen molar-refractivity contribution in [3.8, 4) is 0 Å². The Bertz CT molecular complexity index is 441. The number of hydrogen-bond donors (Lipinski definition) is 2. The Hall–Kier alpha value is -1.62. The summed E-state index contributed by atoms with van der Waals surface area (Å²) in [5, 5.41) is 9.47. The summed E-state index contributed by atoms with van der Waals surface area (Å²) in [5.41, 5.74) is 0.0845. The molecule has 2 heterocycles. The first-order valence-corrected chi connectivity index (χ1v) is 5.33. The molecule has 16 heavy (non-hydrogen) atoms. The van der Waals surface area contributed by atoms with E-state index >= 15 is 0 Å². The van der Waals surface area contributed by atoms with Gasteiger partial charge in [-0.05, 0) is 18.9 Å². The smallest absolute Gasteiger partial charge is 0.254 e. The van der Waals surface area contributed by atoms with E-state index in [-0.39, 0.29) is 11.5 Å². The zero-order chi connectivity index (χ0) is 11.5. The molecule has 0 bridgehead atoms. The Morgan fingerprint density at radius 2 is 2.38 bits per heavy atom. The first kappa shape index (κ1) is 10.9. The van der Waals surface area contributed by atoms with Crippen LogP contribution >= 0.6 is 0 Å². The minimum atomic E-state index is -0.445. The number of nitrogens with zero attached hydrogens (tertiary/aromatic N) is 1. The van der Waals surface area contributed by atoms with Gasteiger partial charge in [0.05, 0.1) is 6.10 Å². The average Bonchev–Trinajstić information content (AvgIpc) is 2.28. The number of carbonyl (C=O) groups excluding carboxylic acids is 1. The molecule has 2 N–H and O–H groups in total. The number of aliphatic hydroxyl groups excluding tert-OH is 1. The van der Waals surface area contributed by atoms with Gasteiger partial charge in [-0.1, -0.05) is 0 Å². The van der Waals surface area contributed by atoms with Crippen LogP contribution in [0.5, 0.6) is 0 Å². The van der Waals surface area contributed by atoms with Gasteiger partial charge in [-0.25, -0.2) is 0 Å². The van der Waals surface area contributed by atoms with E-state index in [1.807, 2.05) is 0 Å². The fourth-order valence-electron chi connectivity index (χ4n) is 1.90. The predicted molar refractivity (Wildman–Crippen MR) is 58.2 cm³/mol. The number of pyridine rings is 1. The second kappa shape index (κ2) is 4.49. The second-order valence-corrected chi connectivity index (χ2v) is 3.99. The highest BCUT2D eigenvalue weighted by Crippen LogP contribution is 2.12. The van der Waals surface area contributed by atoms with E-state index in [4.69, 9.17) is 0 Å². The summed E-state index contributed by atoms with van der Waals surface area (Å²) in [6, 6.07) is 2.86. The number of carbonyl (C=O) groups is 1. The molecule has 1 fully saturated rings. The van der Waals surface area contributed by atoms with Crippen LogP contribution in [0.1, 0.15) is 23.2 Å². The van der Waals surface area contributed by atoms with Gasteiger partial charge in [0.2, 0.25) is 5.56 Å². The fraction of sp³-hybridized carbons (Fsp3) is 0.455. The van der Waals surface area contributed by atoms with Gasteiger partial charge in [-0.2, -0.15) is 0 Å². The standard InChI is InChI=1S/C11H14N2O3/c14-9-2-1-5-13(7-9)11(16)8-3-4-12-10(15)6-8/h3-4,6,9,14H,1-2,5,7H2,(H,12,15)/t9-/m1/s1. The predicted octanol–water partition coefficient (Wildman–Crippen LogP) is -0.0282. The van der Waals surface area contributed by atoms with Gasteiger partial charge in [0.1, 0.15) is 0 Å². The largest absolute Gasteiger partial charge is 0.391 e. The van der Waals surface area contributed by atoms with Crippen LogP contribution in [0.3, 0.4) is 0 Å². The highest BCUT2D eigenvalue weighted by molar-refractivity contribution is 5.94. The number of likely N-dealkylation sites (tertiary alicyclic amines) is 1. The summed E-state index contributed by atoms with van der Waals surface area (Å²) in [6.45, 7) is 0.994. The number of H-pyrrole nitrogens is 1. The zero-order valence-electron chi connectivity index (χ0n) is 8.85. The lowest BCUT2D eigenvalue weighted by Crippen LogP contribution is -2.42. The summed E-state index contributed by atoms with van der Waals surface area (Å²) >= 11 is 0. The molecule has 0 saturated carbocycles. The summed E-state index contributed by atoms with van der Waals surface area (Å²) < 4.78 is 0. The topological polar surface area (TPSA) is 73.4 Å². The molecule has 1 aromatic heterocycles. The van der Waals surface area contributed by atoms with Crippen LogP contribution in [0.4, 0.5) is 0 Å². The van der Waals surface area contributed by atoms with Crippen LogP contribution in [0.2, 0.25) is 0 Å². The average molecular weight is 222 g/mol. The van der Waals surface area contributed by atoms with Crippen molar-refractivity contribution in [1.29, 1.82) is 0 Å². The highest BCUT2D eigenvalue weighted by Gasteiger charge is 2.22. The maximum absolute atomic E-state index is 12.0. The normalized spacial score (nSPS) is 20.8. The Balaban J connectivity index is 2.15. The number of hydrogen-bond acceptors (Lipinski definition) is 3. The van der Waals surface area contributed by atoms with E-state index in [1.165, 1.54) is 12.3 Å². The Kier molecular flexibility index (Phi) is 3.05. The second-order valence-electron chi connectivity index (χ2n) is 3.99. The van der Waals surface area contributed by atoms with E-state index < -0.39 is 6.10 Å². The summed E-state index contributed by atoms with van der Waals surface area (Å²) in [4.78, 5) is 27.1. The van der Waals surface area contributed by atoms with Crippen LogP contribution in [-0.2, 0) is 0 Å². The minimum absolute atomic E-state index is 0.190. The lowest BCUT2D eigenvalue weighted by Gasteiger charge is -2.30. The number of aromatic amines is 1. The van der Waals surface area contributed by atoms with Crippen molar-refractivity contribution in [1.82, 2.24) is 9.88 Å². The van der Waals surface area contributed by atoms with E-state index in [0.717, 1.165) is 12.8 Å². The third-order valence-corrected chi connectivity index (χ3v) is 2.71. The van der Waals surface area contributed by atoms with Gasteiger partial charge in [-0.3, -0.25) is 9.59 Å². The molecule has 1 aliphatic heterocycles. The quantitative estimate of drug-likeness (QED) is 0.701. The molecule has 0 spiro atoms. The maximum atomic E-state index is 12.0. The molecule has 0 aromatic carbocycles. The Labute approximate surface area is 92.7 Å². The molecule has 2 rings (SSSR count). The number of aliphatic hydroxyl groups is 1. The number of rotatable bonds is 1. The van der Waals surface area contributed by atoms with E-state index in [2.05, 4.69) is 4.98 Å². The molecule has 1 aromatic rings. The van der Waals surface area contributed by atoms with Crippen LogP contribution in [0.15, 0.2) is 23.1 Å². The van der Waals surface area contributed by atoms with Crippen LogP contribution in [-0.4, -0.2) is 40.1 Å². The molecule has 86 valence electrons. The molecule has 1 saturated heterocycles. The van der Waals surface area contributed by atoms with Gasteiger partial charge in [-0.15, -0.1) is 0 Å². The van der Waals surface area contributed by atoms with Crippen molar-refractivity contribution in [3.63, 3.8) is 0 Å². The summed E-state index contributed by atoms with van der Waals surface area (Å²) in [7, 11) is 0. The van der Waals surface area contributed by atoms with Gasteiger partial charge >= 0.3 is 0 Å². The molecule has 1 aliphatic rings. The number of amides is 1.